The zero-order valence-electron chi connectivity index (χ0n) is 48.6. The van der Waals surface area contributed by atoms with E-state index in [9.17, 15) is 0 Å². The number of hydrogen-bond donors (Lipinski definition) is 0. The number of thiophene rings is 1. The van der Waals surface area contributed by atoms with Crippen LogP contribution in [0, 0.1) is 0 Å². The van der Waals surface area contributed by atoms with Crippen LogP contribution in [0.2, 0.25) is 0 Å². The first-order valence-corrected chi connectivity index (χ1v) is 29.0. The summed E-state index contributed by atoms with van der Waals surface area (Å²) >= 11 is 1.89. The summed E-state index contributed by atoms with van der Waals surface area (Å²) in [4.78, 5) is 2.68. The second-order valence-electron chi connectivity index (χ2n) is 27.5. The van der Waals surface area contributed by atoms with Gasteiger partial charge in [-0.3, -0.25) is 0 Å². The van der Waals surface area contributed by atoms with Crippen molar-refractivity contribution >= 4 is 48.6 Å². The van der Waals surface area contributed by atoms with Crippen molar-refractivity contribution in [3.8, 4) is 56.0 Å². The van der Waals surface area contributed by atoms with Crippen molar-refractivity contribution in [1.29, 1.82) is 0 Å². The van der Waals surface area contributed by atoms with Crippen LogP contribution in [0.3, 0.4) is 0 Å². The molecule has 0 spiro atoms. The van der Waals surface area contributed by atoms with E-state index in [1.807, 2.05) is 11.3 Å². The zero-order valence-corrected chi connectivity index (χ0v) is 49.4. The topological polar surface area (TPSA) is 12.5 Å². The number of anilines is 3. The molecule has 0 N–H and O–H groups in total. The van der Waals surface area contributed by atoms with Gasteiger partial charge in [0.05, 0.1) is 17.1 Å². The third-order valence-electron chi connectivity index (χ3n) is 16.6. The number of rotatable bonds is 5. The van der Waals surface area contributed by atoms with E-state index >= 15 is 0 Å². The van der Waals surface area contributed by atoms with E-state index in [-0.39, 0.29) is 33.0 Å². The van der Waals surface area contributed by atoms with Crippen LogP contribution in [0.5, 0.6) is 11.5 Å². The van der Waals surface area contributed by atoms with Crippen LogP contribution in [0.25, 0.3) is 64.7 Å². The normalized spacial score (nSPS) is 14.6. The highest BCUT2D eigenvalue weighted by molar-refractivity contribution is 7.26. The summed E-state index contributed by atoms with van der Waals surface area (Å²) in [6, 6.07) is 67.7. The van der Waals surface area contributed by atoms with Gasteiger partial charge in [0, 0.05) is 48.3 Å². The molecule has 3 heteroatoms. The van der Waals surface area contributed by atoms with Gasteiger partial charge in [-0.15, -0.1) is 11.3 Å². The molecule has 0 amide bonds. The smallest absolute Gasteiger partial charge is 0.134 e. The van der Waals surface area contributed by atoms with Gasteiger partial charge in [0.2, 0.25) is 0 Å². The summed E-state index contributed by atoms with van der Waals surface area (Å²) in [6.45, 7) is 35.1. The minimum Gasteiger partial charge on any atom is -0.457 e. The second-order valence-corrected chi connectivity index (χ2v) is 28.6. The Hall–Kier alpha value is -7.20. The van der Waals surface area contributed by atoms with E-state index in [0.29, 0.717) is 0 Å². The third kappa shape index (κ3) is 8.97. The lowest BCUT2D eigenvalue weighted by Gasteiger charge is -2.43. The maximum Gasteiger partial charge on any atom is 0.134 e. The van der Waals surface area contributed by atoms with Gasteiger partial charge in [0.15, 0.2) is 0 Å². The first-order valence-electron chi connectivity index (χ1n) is 28.2. The maximum absolute atomic E-state index is 7.53. The van der Waals surface area contributed by atoms with Crippen molar-refractivity contribution in [3.05, 3.63) is 220 Å². The van der Waals surface area contributed by atoms with Crippen molar-refractivity contribution in [2.75, 3.05) is 4.90 Å². The summed E-state index contributed by atoms with van der Waals surface area (Å²) in [5, 5.41) is 2.55. The van der Waals surface area contributed by atoms with Gasteiger partial charge in [-0.1, -0.05) is 237 Å². The predicted molar refractivity (Wildman–Crippen MR) is 337 cm³/mol. The number of ether oxygens (including phenoxy) is 1. The first-order chi connectivity index (χ1) is 36.8. The molecule has 0 saturated heterocycles. The first kappa shape index (κ1) is 51.6. The van der Waals surface area contributed by atoms with Crippen molar-refractivity contribution < 1.29 is 4.74 Å². The van der Waals surface area contributed by atoms with E-state index in [1.165, 1.54) is 115 Å². The monoisotopic (exact) mass is 1040 g/mol. The van der Waals surface area contributed by atoms with Gasteiger partial charge in [0.25, 0.3) is 0 Å². The zero-order chi connectivity index (χ0) is 55.0. The highest BCUT2D eigenvalue weighted by atomic mass is 32.1. The van der Waals surface area contributed by atoms with Crippen molar-refractivity contribution in [2.24, 2.45) is 0 Å². The SMILES string of the molecule is CC(C)(C)c1cc(-c2ccc3c(c2)C2c4ccc(C(C)(C)C)cc4N(c4c(-c5ccccc5)cc5sc6ccccc6c5c4-c4ccccc4)c4cc(-c5cc(C(C)(C)C)cc(C(C)(C)C)c5)cc(c42)O3)cc(C(C)(C)C)c1. The quantitative estimate of drug-likeness (QED) is 0.170. The second kappa shape index (κ2) is 18.2. The lowest BCUT2D eigenvalue weighted by Crippen LogP contribution is -2.27. The van der Waals surface area contributed by atoms with Crippen LogP contribution in [-0.2, 0) is 27.1 Å². The Bertz CT molecular complexity index is 3940. The van der Waals surface area contributed by atoms with Crippen LogP contribution in [0.1, 0.15) is 154 Å². The molecule has 9 aromatic carbocycles. The molecule has 0 aliphatic carbocycles. The molecule has 78 heavy (non-hydrogen) atoms. The minimum absolute atomic E-state index is 0.0228. The van der Waals surface area contributed by atoms with Crippen LogP contribution in [0.15, 0.2) is 176 Å². The molecule has 1 unspecified atom stereocenters. The highest BCUT2D eigenvalue weighted by Gasteiger charge is 2.42. The van der Waals surface area contributed by atoms with Gasteiger partial charge in [-0.25, -0.2) is 0 Å². The molecule has 0 fully saturated rings. The Morgan fingerprint density at radius 1 is 0.372 bits per heavy atom. The molecule has 2 aliphatic rings. The van der Waals surface area contributed by atoms with Crippen LogP contribution in [-0.4, -0.2) is 0 Å². The number of hydrogen-bond acceptors (Lipinski definition) is 3. The number of fused-ring (bicyclic) bond motifs is 7. The fourth-order valence-corrected chi connectivity index (χ4v) is 13.1. The Labute approximate surface area is 468 Å². The molecule has 1 atom stereocenters. The molecular formula is C75H75NOS. The number of nitrogens with zero attached hydrogens (tertiary/aromatic N) is 1. The van der Waals surface area contributed by atoms with Crippen LogP contribution >= 0.6 is 11.3 Å². The van der Waals surface area contributed by atoms with E-state index in [2.05, 4.69) is 285 Å². The van der Waals surface area contributed by atoms with Crippen LogP contribution in [0.4, 0.5) is 17.1 Å². The third-order valence-corrected chi connectivity index (χ3v) is 17.8. The van der Waals surface area contributed by atoms with Gasteiger partial charge >= 0.3 is 0 Å². The highest BCUT2D eigenvalue weighted by Crippen LogP contribution is 2.63. The fraction of sp³-hybridized carbons (Fsp3) is 0.280. The molecule has 10 aromatic rings. The molecule has 0 bridgehead atoms. The predicted octanol–water partition coefficient (Wildman–Crippen LogP) is 22.3. The fourth-order valence-electron chi connectivity index (χ4n) is 12.0. The maximum atomic E-state index is 7.53. The largest absolute Gasteiger partial charge is 0.457 e. The summed E-state index contributed by atoms with van der Waals surface area (Å²) in [5.41, 5.74) is 23.0. The van der Waals surface area contributed by atoms with Gasteiger partial charge in [-0.05, 0) is 136 Å². The molecule has 2 aliphatic heterocycles. The molecule has 3 heterocycles. The molecular weight excluding hydrogens is 963 g/mol. The van der Waals surface area contributed by atoms with E-state index in [0.717, 1.165) is 22.7 Å². The van der Waals surface area contributed by atoms with Gasteiger partial charge in [0.1, 0.15) is 11.5 Å². The van der Waals surface area contributed by atoms with Gasteiger partial charge < -0.3 is 9.64 Å². The van der Waals surface area contributed by atoms with Crippen LogP contribution < -0.4 is 9.64 Å². The van der Waals surface area contributed by atoms with Crippen molar-refractivity contribution in [3.63, 3.8) is 0 Å². The summed E-state index contributed by atoms with van der Waals surface area (Å²) in [5.74, 6) is 1.68. The summed E-state index contributed by atoms with van der Waals surface area (Å²) in [7, 11) is 0. The molecule has 392 valence electrons. The summed E-state index contributed by atoms with van der Waals surface area (Å²) < 4.78 is 10.1. The van der Waals surface area contributed by atoms with Crippen molar-refractivity contribution in [1.82, 2.24) is 0 Å². The molecule has 12 rings (SSSR count). The van der Waals surface area contributed by atoms with E-state index < -0.39 is 0 Å². The Morgan fingerprint density at radius 3 is 1.47 bits per heavy atom. The van der Waals surface area contributed by atoms with Gasteiger partial charge in [-0.2, -0.15) is 0 Å². The molecule has 2 nitrogen and oxygen atoms in total. The van der Waals surface area contributed by atoms with E-state index in [4.69, 9.17) is 4.74 Å². The average Bonchev–Trinajstić information content (AvgIpc) is 2.53. The molecule has 0 saturated carbocycles. The standard InChI is InChI=1S/C75H75NOS/c1-71(2,3)51-31-32-56-60(43-51)76(70-58(45-24-18-16-19-25-45)44-65-68(57-28-22-23-29-64(57)78-65)66(70)46-26-20-17-21-27-46)61-39-50(49-36-54(74(10,11)12)42-55(37-49)75(13,14)15)40-63-69(61)67(56)59-38-47(30-33-62(59)77-63)48-34-52(72(4,5)6)41-53(35-48)73(7,8)9/h16-44,67H,1-15H3. The molecule has 1 aromatic heterocycles. The summed E-state index contributed by atoms with van der Waals surface area (Å²) in [6.07, 6.45) is 0. The lowest BCUT2D eigenvalue weighted by molar-refractivity contribution is 0.452. The minimum atomic E-state index is -0.133. The van der Waals surface area contributed by atoms with Crippen molar-refractivity contribution in [2.45, 2.75) is 137 Å². The Morgan fingerprint density at radius 2 is 0.897 bits per heavy atom. The van der Waals surface area contributed by atoms with E-state index in [1.54, 1.807) is 0 Å². The average molecular weight is 1040 g/mol. The Balaban J connectivity index is 1.24. The molecule has 0 radical (unpaired) electrons. The number of benzene rings is 9. The Kier molecular flexibility index (Phi) is 12.0. The lowest BCUT2D eigenvalue weighted by atomic mass is 9.74.